The van der Waals surface area contributed by atoms with Gasteiger partial charge in [0.05, 0.1) is 22.3 Å². The molecule has 0 unspecified atom stereocenters. The van der Waals surface area contributed by atoms with Crippen molar-refractivity contribution in [1.29, 1.82) is 0 Å². The average molecular weight is 449 g/mol. The van der Waals surface area contributed by atoms with Crippen LogP contribution < -0.4 is 5.32 Å². The zero-order valence-corrected chi connectivity index (χ0v) is 18.0. The van der Waals surface area contributed by atoms with Crippen molar-refractivity contribution in [1.82, 2.24) is 4.98 Å². The Hall–Kier alpha value is -3.77. The van der Waals surface area contributed by atoms with Gasteiger partial charge in [-0.05, 0) is 55.8 Å². The van der Waals surface area contributed by atoms with Crippen molar-refractivity contribution >= 4 is 40.1 Å². The molecule has 0 spiro atoms. The number of fused-ring (bicyclic) bond motifs is 1. The van der Waals surface area contributed by atoms with E-state index in [0.29, 0.717) is 32.7 Å². The van der Waals surface area contributed by atoms with Crippen LogP contribution in [0.2, 0.25) is 5.02 Å². The third kappa shape index (κ3) is 4.05. The molecule has 3 aromatic carbocycles. The maximum Gasteiger partial charge on any atom is 0.338 e. The number of hydrogen-bond donors (Lipinski definition) is 2. The number of carboxylic acid groups (broad SMARTS) is 1. The highest BCUT2D eigenvalue weighted by atomic mass is 35.5. The van der Waals surface area contributed by atoms with Crippen LogP contribution in [0.4, 0.5) is 10.1 Å². The normalized spacial score (nSPS) is 10.9. The van der Waals surface area contributed by atoms with Gasteiger partial charge in [-0.3, -0.25) is 4.79 Å². The number of anilines is 1. The van der Waals surface area contributed by atoms with Gasteiger partial charge in [0.25, 0.3) is 5.91 Å². The number of amides is 1. The number of nitrogens with zero attached hydrogens (tertiary/aromatic N) is 1. The molecule has 5 nitrogen and oxygen atoms in total. The number of aromatic carboxylic acids is 1. The fourth-order valence-electron chi connectivity index (χ4n) is 3.64. The van der Waals surface area contributed by atoms with Crippen molar-refractivity contribution < 1.29 is 19.1 Å². The SMILES string of the molecule is Cc1cc(C)c2nc(-c3ccccc3Cl)cc(C(=O)Nc3ccc(C(=O)O)c(F)c3)c2c1. The van der Waals surface area contributed by atoms with E-state index in [1.54, 1.807) is 12.1 Å². The number of nitrogens with one attached hydrogen (secondary N) is 1. The van der Waals surface area contributed by atoms with E-state index in [1.165, 1.54) is 6.07 Å². The van der Waals surface area contributed by atoms with Crippen LogP contribution in [0.25, 0.3) is 22.2 Å². The number of benzene rings is 3. The number of carbonyl (C=O) groups is 2. The maximum atomic E-state index is 14.1. The summed E-state index contributed by atoms with van der Waals surface area (Å²) in [6.07, 6.45) is 0. The second-order valence-electron chi connectivity index (χ2n) is 7.47. The molecule has 1 amide bonds. The van der Waals surface area contributed by atoms with Crippen molar-refractivity contribution in [3.05, 3.63) is 93.8 Å². The summed E-state index contributed by atoms with van der Waals surface area (Å²) < 4.78 is 14.1. The van der Waals surface area contributed by atoms with Gasteiger partial charge in [0.2, 0.25) is 0 Å². The van der Waals surface area contributed by atoms with E-state index >= 15 is 0 Å². The average Bonchev–Trinajstić information content (AvgIpc) is 2.73. The second kappa shape index (κ2) is 8.40. The van der Waals surface area contributed by atoms with Crippen LogP contribution in [0.5, 0.6) is 0 Å². The monoisotopic (exact) mass is 448 g/mol. The number of carboxylic acids is 1. The number of hydrogen-bond acceptors (Lipinski definition) is 3. The Balaban J connectivity index is 1.85. The fourth-order valence-corrected chi connectivity index (χ4v) is 3.87. The van der Waals surface area contributed by atoms with Crippen molar-refractivity contribution in [2.75, 3.05) is 5.32 Å². The predicted octanol–water partition coefficient (Wildman–Crippen LogP) is 6.26. The van der Waals surface area contributed by atoms with Crippen LogP contribution >= 0.6 is 11.6 Å². The summed E-state index contributed by atoms with van der Waals surface area (Å²) in [6.45, 7) is 3.84. The topological polar surface area (TPSA) is 79.3 Å². The van der Waals surface area contributed by atoms with Crippen molar-refractivity contribution in [3.63, 3.8) is 0 Å². The Kier molecular flexibility index (Phi) is 5.63. The van der Waals surface area contributed by atoms with Crippen molar-refractivity contribution in [2.45, 2.75) is 13.8 Å². The van der Waals surface area contributed by atoms with Crippen LogP contribution in [0.1, 0.15) is 31.8 Å². The first kappa shape index (κ1) is 21.5. The van der Waals surface area contributed by atoms with Gasteiger partial charge in [-0.25, -0.2) is 14.2 Å². The van der Waals surface area contributed by atoms with Crippen molar-refractivity contribution in [2.24, 2.45) is 0 Å². The molecule has 160 valence electrons. The van der Waals surface area contributed by atoms with Gasteiger partial charge in [-0.15, -0.1) is 0 Å². The lowest BCUT2D eigenvalue weighted by Gasteiger charge is -2.14. The lowest BCUT2D eigenvalue weighted by Crippen LogP contribution is -2.14. The van der Waals surface area contributed by atoms with Gasteiger partial charge in [0.1, 0.15) is 5.82 Å². The minimum absolute atomic E-state index is 0.145. The quantitative estimate of drug-likeness (QED) is 0.386. The minimum atomic E-state index is -1.38. The molecule has 2 N–H and O–H groups in total. The van der Waals surface area contributed by atoms with E-state index in [2.05, 4.69) is 5.32 Å². The number of carbonyl (C=O) groups excluding carboxylic acids is 1. The predicted molar refractivity (Wildman–Crippen MR) is 123 cm³/mol. The maximum absolute atomic E-state index is 14.1. The van der Waals surface area contributed by atoms with E-state index in [4.69, 9.17) is 21.7 Å². The molecule has 32 heavy (non-hydrogen) atoms. The number of pyridine rings is 1. The first-order valence-electron chi connectivity index (χ1n) is 9.75. The molecule has 0 saturated heterocycles. The van der Waals surface area contributed by atoms with E-state index in [0.717, 1.165) is 23.3 Å². The fraction of sp³-hybridized carbons (Fsp3) is 0.0800. The molecule has 0 bridgehead atoms. The number of aromatic nitrogens is 1. The molecule has 0 aliphatic rings. The molecule has 4 rings (SSSR count). The first-order chi connectivity index (χ1) is 15.2. The zero-order valence-electron chi connectivity index (χ0n) is 17.2. The van der Waals surface area contributed by atoms with Crippen LogP contribution in [0.3, 0.4) is 0 Å². The number of rotatable bonds is 4. The summed E-state index contributed by atoms with van der Waals surface area (Å²) in [7, 11) is 0. The molecular formula is C25H18ClFN2O3. The summed E-state index contributed by atoms with van der Waals surface area (Å²) in [5.41, 5.74) is 3.77. The Morgan fingerprint density at radius 2 is 1.75 bits per heavy atom. The highest BCUT2D eigenvalue weighted by Crippen LogP contribution is 2.32. The summed E-state index contributed by atoms with van der Waals surface area (Å²) in [4.78, 5) is 29.0. The lowest BCUT2D eigenvalue weighted by atomic mass is 9.99. The Morgan fingerprint density at radius 1 is 1.00 bits per heavy atom. The van der Waals surface area contributed by atoms with E-state index in [9.17, 15) is 14.0 Å². The van der Waals surface area contributed by atoms with Gasteiger partial charge < -0.3 is 10.4 Å². The van der Waals surface area contributed by atoms with Gasteiger partial charge in [0, 0.05) is 21.7 Å². The second-order valence-corrected chi connectivity index (χ2v) is 7.87. The van der Waals surface area contributed by atoms with Gasteiger partial charge >= 0.3 is 5.97 Å². The molecule has 1 heterocycles. The smallest absolute Gasteiger partial charge is 0.338 e. The molecule has 0 radical (unpaired) electrons. The molecule has 0 aliphatic carbocycles. The third-order valence-corrected chi connectivity index (χ3v) is 5.43. The molecular weight excluding hydrogens is 431 g/mol. The van der Waals surface area contributed by atoms with Gasteiger partial charge in [-0.2, -0.15) is 0 Å². The van der Waals surface area contributed by atoms with Gasteiger partial charge in [-0.1, -0.05) is 41.4 Å². The van der Waals surface area contributed by atoms with Crippen LogP contribution in [-0.2, 0) is 0 Å². The summed E-state index contributed by atoms with van der Waals surface area (Å²) in [5, 5.41) is 12.8. The van der Waals surface area contributed by atoms with E-state index < -0.39 is 23.3 Å². The summed E-state index contributed by atoms with van der Waals surface area (Å²) in [6, 6.07) is 16.2. The minimum Gasteiger partial charge on any atom is -0.478 e. The lowest BCUT2D eigenvalue weighted by molar-refractivity contribution is 0.0691. The highest BCUT2D eigenvalue weighted by Gasteiger charge is 2.18. The van der Waals surface area contributed by atoms with Crippen LogP contribution in [0.15, 0.2) is 60.7 Å². The molecule has 0 saturated carbocycles. The molecule has 1 aromatic heterocycles. The van der Waals surface area contributed by atoms with Crippen molar-refractivity contribution in [3.8, 4) is 11.3 Å². The Morgan fingerprint density at radius 3 is 2.44 bits per heavy atom. The van der Waals surface area contributed by atoms with E-state index in [1.807, 2.05) is 44.2 Å². The molecule has 0 fully saturated rings. The van der Waals surface area contributed by atoms with Crippen LogP contribution in [0, 0.1) is 19.7 Å². The third-order valence-electron chi connectivity index (χ3n) is 5.10. The molecule has 4 aromatic rings. The first-order valence-corrected chi connectivity index (χ1v) is 10.1. The van der Waals surface area contributed by atoms with Crippen LogP contribution in [-0.4, -0.2) is 22.0 Å². The summed E-state index contributed by atoms with van der Waals surface area (Å²) >= 11 is 6.36. The molecule has 0 aliphatic heterocycles. The Bertz CT molecular complexity index is 1400. The highest BCUT2D eigenvalue weighted by molar-refractivity contribution is 6.33. The molecule has 7 heteroatoms. The zero-order chi connectivity index (χ0) is 23.0. The van der Waals surface area contributed by atoms with Gasteiger partial charge in [0.15, 0.2) is 0 Å². The Labute approximate surface area is 188 Å². The number of aryl methyl sites for hydroxylation is 2. The largest absolute Gasteiger partial charge is 0.478 e. The standard InChI is InChI=1S/C25H18ClFN2O3/c1-13-9-14(2)23-18(10-13)19(12-22(29-23)16-5-3-4-6-20(16)26)24(30)28-15-7-8-17(25(31)32)21(27)11-15/h3-12H,1-2H3,(H,28,30)(H,31,32). The van der Waals surface area contributed by atoms with E-state index in [-0.39, 0.29) is 5.69 Å². The molecule has 0 atom stereocenters. The number of halogens is 2. The summed E-state index contributed by atoms with van der Waals surface area (Å²) in [5.74, 6) is -2.78.